The molecule has 0 bridgehead atoms. The van der Waals surface area contributed by atoms with Gasteiger partial charge in [-0.3, -0.25) is 0 Å². The van der Waals surface area contributed by atoms with Gasteiger partial charge in [0.1, 0.15) is 17.7 Å². The summed E-state index contributed by atoms with van der Waals surface area (Å²) in [6.45, 7) is 15.0. The summed E-state index contributed by atoms with van der Waals surface area (Å²) in [6.07, 6.45) is 29.9. The molecule has 0 radical (unpaired) electrons. The molecule has 5 nitrogen and oxygen atoms in total. The summed E-state index contributed by atoms with van der Waals surface area (Å²) >= 11 is 0. The Balaban J connectivity index is 0.933. The van der Waals surface area contributed by atoms with E-state index >= 15 is 4.39 Å². The van der Waals surface area contributed by atoms with Gasteiger partial charge in [0.05, 0.1) is 17.7 Å². The minimum Gasteiger partial charge on any atom is -0.491 e. The summed E-state index contributed by atoms with van der Waals surface area (Å²) < 4.78 is 47.3. The fraction of sp³-hybridized carbons (Fsp3) is 0.709. The minimum absolute atomic E-state index is 0.0199. The highest BCUT2D eigenvalue weighted by Crippen LogP contribution is 2.67. The topological polar surface area (TPSA) is 61.8 Å². The molecule has 2 aromatic carbocycles. The van der Waals surface area contributed by atoms with Crippen LogP contribution in [0.5, 0.6) is 11.5 Å². The number of allylic oxidation sites excluding steroid dienone is 1. The van der Waals surface area contributed by atoms with Crippen molar-refractivity contribution in [1.29, 1.82) is 0 Å². The zero-order chi connectivity index (χ0) is 44.3. The van der Waals surface area contributed by atoms with Gasteiger partial charge < -0.3 is 14.2 Å². The van der Waals surface area contributed by atoms with Crippen molar-refractivity contribution in [2.75, 3.05) is 6.61 Å². The number of hydrogen-bond donors (Lipinski definition) is 0. The van der Waals surface area contributed by atoms with Gasteiger partial charge in [-0.2, -0.15) is 0 Å². The van der Waals surface area contributed by atoms with Crippen molar-refractivity contribution in [3.8, 4) is 11.5 Å². The summed E-state index contributed by atoms with van der Waals surface area (Å²) in [4.78, 5) is 26.2. The van der Waals surface area contributed by atoms with Crippen molar-refractivity contribution < 1.29 is 32.6 Å². The zero-order valence-electron chi connectivity index (χ0n) is 39.4. The van der Waals surface area contributed by atoms with E-state index in [4.69, 9.17) is 14.2 Å². The van der Waals surface area contributed by atoms with Crippen molar-refractivity contribution in [2.24, 2.45) is 46.3 Å². The number of carbonyl (C=O) groups excluding carboxylic acids is 2. The number of esters is 2. The van der Waals surface area contributed by atoms with Crippen LogP contribution in [-0.4, -0.2) is 24.6 Å². The highest BCUT2D eigenvalue weighted by Gasteiger charge is 2.59. The van der Waals surface area contributed by atoms with Gasteiger partial charge in [0.2, 0.25) is 0 Å². The Bertz CT molecular complexity index is 1800. The van der Waals surface area contributed by atoms with E-state index < -0.39 is 23.6 Å². The molecule has 3 fully saturated rings. The normalized spacial score (nSPS) is 27.2. The minimum atomic E-state index is -0.832. The average molecular weight is 859 g/mol. The van der Waals surface area contributed by atoms with Crippen LogP contribution in [0.3, 0.4) is 0 Å². The lowest BCUT2D eigenvalue weighted by molar-refractivity contribution is -0.0595. The molecule has 0 aliphatic heterocycles. The summed E-state index contributed by atoms with van der Waals surface area (Å²) in [6, 6.07) is 7.62. The van der Waals surface area contributed by atoms with Gasteiger partial charge in [-0.05, 0) is 128 Å². The van der Waals surface area contributed by atoms with Crippen LogP contribution in [0.4, 0.5) is 8.78 Å². The van der Waals surface area contributed by atoms with E-state index in [9.17, 15) is 14.0 Å². The molecule has 344 valence electrons. The van der Waals surface area contributed by atoms with Gasteiger partial charge in [0.15, 0.2) is 11.6 Å². The van der Waals surface area contributed by atoms with E-state index in [-0.39, 0.29) is 34.1 Å². The lowest BCUT2D eigenvalue weighted by atomic mass is 9.47. The third-order valence-corrected chi connectivity index (χ3v) is 16.3. The van der Waals surface area contributed by atoms with Crippen LogP contribution in [0.2, 0.25) is 0 Å². The van der Waals surface area contributed by atoms with Crippen LogP contribution < -0.4 is 9.47 Å². The van der Waals surface area contributed by atoms with Crippen molar-refractivity contribution >= 4 is 11.9 Å². The molecule has 3 saturated carbocycles. The van der Waals surface area contributed by atoms with Gasteiger partial charge in [-0.15, -0.1) is 0 Å². The van der Waals surface area contributed by atoms with Crippen molar-refractivity contribution in [1.82, 2.24) is 0 Å². The van der Waals surface area contributed by atoms with Crippen LogP contribution in [0, 0.1) is 58.0 Å². The maximum atomic E-state index is 15.4. The predicted octanol–water partition coefficient (Wildman–Crippen LogP) is 15.8. The van der Waals surface area contributed by atoms with Crippen LogP contribution >= 0.6 is 0 Å². The standard InChI is InChI=1S/C55H80F2O5/c1-7-8-9-10-11-12-13-14-15-16-17-18-34-60-51-29-22-40(35-50(51)57)52(58)61-42-24-26-45(49(56)37-42)53(59)62-43-30-32-54(5)41(36-43)23-25-44-47-28-27-46(39(4)21-19-20-38(2)3)55(47,6)33-31-48(44)54/h22-24,26,29,35,37-39,43-44,46-48H,7-21,25,27-28,30-34,36H2,1-6H3/t39-,43+,44+,46-,47+,48+,54+,55-/m1/s1. The largest absolute Gasteiger partial charge is 0.491 e. The van der Waals surface area contributed by atoms with E-state index in [1.165, 1.54) is 133 Å². The quantitative estimate of drug-likeness (QED) is 0.0482. The maximum absolute atomic E-state index is 15.4. The van der Waals surface area contributed by atoms with E-state index in [0.717, 1.165) is 80.2 Å². The number of carbonyl (C=O) groups is 2. The summed E-state index contributed by atoms with van der Waals surface area (Å²) in [5, 5.41) is 0. The molecule has 7 heteroatoms. The monoisotopic (exact) mass is 859 g/mol. The Morgan fingerprint density at radius 1 is 0.742 bits per heavy atom. The molecule has 4 aliphatic rings. The second-order valence-corrected chi connectivity index (χ2v) is 21.0. The van der Waals surface area contributed by atoms with Crippen LogP contribution in [-0.2, 0) is 4.74 Å². The molecular formula is C55H80F2O5. The number of rotatable bonds is 23. The van der Waals surface area contributed by atoms with Crippen LogP contribution in [0.1, 0.15) is 210 Å². The number of fused-ring (bicyclic) bond motifs is 5. The van der Waals surface area contributed by atoms with E-state index in [2.05, 4.69) is 47.6 Å². The van der Waals surface area contributed by atoms with E-state index in [1.807, 2.05) is 0 Å². The Morgan fingerprint density at radius 2 is 1.45 bits per heavy atom. The average Bonchev–Trinajstić information content (AvgIpc) is 3.60. The van der Waals surface area contributed by atoms with Gasteiger partial charge in [-0.25, -0.2) is 18.4 Å². The molecular weight excluding hydrogens is 779 g/mol. The fourth-order valence-electron chi connectivity index (χ4n) is 12.7. The lowest BCUT2D eigenvalue weighted by Crippen LogP contribution is -2.51. The Kier molecular flexibility index (Phi) is 17.6. The summed E-state index contributed by atoms with van der Waals surface area (Å²) in [5.74, 6) is 1.55. The lowest BCUT2D eigenvalue weighted by Gasteiger charge is -2.58. The first-order valence-corrected chi connectivity index (χ1v) is 25.2. The zero-order valence-corrected chi connectivity index (χ0v) is 39.4. The molecule has 0 amide bonds. The van der Waals surface area contributed by atoms with Crippen LogP contribution in [0.15, 0.2) is 48.0 Å². The predicted molar refractivity (Wildman–Crippen MR) is 247 cm³/mol. The van der Waals surface area contributed by atoms with Crippen LogP contribution in [0.25, 0.3) is 0 Å². The second-order valence-electron chi connectivity index (χ2n) is 21.0. The van der Waals surface area contributed by atoms with Crippen molar-refractivity contribution in [3.05, 3.63) is 70.8 Å². The van der Waals surface area contributed by atoms with Gasteiger partial charge in [0.25, 0.3) is 0 Å². The fourth-order valence-corrected chi connectivity index (χ4v) is 12.7. The molecule has 8 atom stereocenters. The smallest absolute Gasteiger partial charge is 0.343 e. The third kappa shape index (κ3) is 11.9. The highest BCUT2D eigenvalue weighted by molar-refractivity contribution is 5.92. The molecule has 0 spiro atoms. The molecule has 62 heavy (non-hydrogen) atoms. The maximum Gasteiger partial charge on any atom is 0.343 e. The van der Waals surface area contributed by atoms with Gasteiger partial charge in [-0.1, -0.05) is 143 Å². The first-order valence-electron chi connectivity index (χ1n) is 25.2. The SMILES string of the molecule is CCCCCCCCCCCCCCOc1ccc(C(=O)Oc2ccc(C(=O)O[C@H]3CC[C@@]4(C)C(=CC[C@H]5[C@@H]6CC[C@H]([C@H](C)CCCC(C)C)[C@@]6(C)CC[C@@H]54)C3)c(F)c2)cc1F. The Hall–Kier alpha value is -3.22. The molecule has 0 N–H and O–H groups in total. The van der Waals surface area contributed by atoms with Gasteiger partial charge in [0, 0.05) is 12.5 Å². The number of hydrogen-bond acceptors (Lipinski definition) is 5. The highest BCUT2D eigenvalue weighted by atomic mass is 19.1. The van der Waals surface area contributed by atoms with Crippen molar-refractivity contribution in [2.45, 2.75) is 195 Å². The molecule has 0 saturated heterocycles. The first kappa shape index (κ1) is 48.2. The molecule has 0 unspecified atom stereocenters. The van der Waals surface area contributed by atoms with E-state index in [0.29, 0.717) is 24.4 Å². The number of ether oxygens (including phenoxy) is 3. The first-order chi connectivity index (χ1) is 29.8. The third-order valence-electron chi connectivity index (χ3n) is 16.3. The van der Waals surface area contributed by atoms with Crippen molar-refractivity contribution in [3.63, 3.8) is 0 Å². The Labute approximate surface area is 373 Å². The summed E-state index contributed by atoms with van der Waals surface area (Å²) in [5.41, 5.74) is 1.76. The number of halogens is 2. The molecule has 0 aromatic heterocycles. The summed E-state index contributed by atoms with van der Waals surface area (Å²) in [7, 11) is 0. The van der Waals surface area contributed by atoms with E-state index in [1.54, 1.807) is 0 Å². The second kappa shape index (κ2) is 22.6. The number of benzene rings is 2. The molecule has 4 aliphatic carbocycles. The van der Waals surface area contributed by atoms with Gasteiger partial charge >= 0.3 is 11.9 Å². The Morgan fingerprint density at radius 3 is 2.13 bits per heavy atom. The number of unbranched alkanes of at least 4 members (excludes halogenated alkanes) is 11. The molecule has 2 aromatic rings. The molecule has 6 rings (SSSR count). The molecule has 0 heterocycles.